The van der Waals surface area contributed by atoms with Crippen molar-refractivity contribution in [1.29, 1.82) is 0 Å². The molecule has 2 rings (SSSR count). The van der Waals surface area contributed by atoms with Crippen LogP contribution in [0.15, 0.2) is 22.7 Å². The number of nitrogens with zero attached hydrogens (tertiary/aromatic N) is 1. The molecule has 1 aromatic rings. The predicted octanol–water partition coefficient (Wildman–Crippen LogP) is 2.96. The molecule has 104 valence electrons. The molecular formula is C15H21BrN2O. The second-order valence-electron chi connectivity index (χ2n) is 6.07. The van der Waals surface area contributed by atoms with Crippen molar-refractivity contribution in [3.05, 3.63) is 33.8 Å². The van der Waals surface area contributed by atoms with Gasteiger partial charge in [-0.2, -0.15) is 0 Å². The maximum absolute atomic E-state index is 12.6. The number of amides is 1. The Balaban J connectivity index is 2.23. The van der Waals surface area contributed by atoms with Gasteiger partial charge in [-0.3, -0.25) is 4.79 Å². The SMILES string of the molecule is Cc1ccc(Br)cc1C(=O)N1CCC(N)C(C)(C)C1. The smallest absolute Gasteiger partial charge is 0.254 e. The van der Waals surface area contributed by atoms with Crippen molar-refractivity contribution in [3.8, 4) is 0 Å². The molecule has 0 bridgehead atoms. The lowest BCUT2D eigenvalue weighted by Crippen LogP contribution is -2.54. The van der Waals surface area contributed by atoms with Crippen LogP contribution in [0.25, 0.3) is 0 Å². The fourth-order valence-electron chi connectivity index (χ4n) is 2.54. The summed E-state index contributed by atoms with van der Waals surface area (Å²) in [5.41, 5.74) is 7.90. The van der Waals surface area contributed by atoms with E-state index in [2.05, 4.69) is 29.8 Å². The average Bonchev–Trinajstić information content (AvgIpc) is 2.35. The fourth-order valence-corrected chi connectivity index (χ4v) is 2.90. The number of likely N-dealkylation sites (tertiary alicyclic amines) is 1. The number of hydrogen-bond donors (Lipinski definition) is 1. The second kappa shape index (κ2) is 5.25. The first-order valence-electron chi connectivity index (χ1n) is 6.62. The minimum Gasteiger partial charge on any atom is -0.338 e. The molecule has 1 unspecified atom stereocenters. The maximum Gasteiger partial charge on any atom is 0.254 e. The van der Waals surface area contributed by atoms with Crippen molar-refractivity contribution in [3.63, 3.8) is 0 Å². The molecule has 1 amide bonds. The van der Waals surface area contributed by atoms with E-state index in [-0.39, 0.29) is 17.4 Å². The summed E-state index contributed by atoms with van der Waals surface area (Å²) < 4.78 is 0.939. The molecule has 1 aliphatic rings. The Bertz CT molecular complexity index is 499. The Kier molecular flexibility index (Phi) is 4.02. The highest BCUT2D eigenvalue weighted by Crippen LogP contribution is 2.29. The maximum atomic E-state index is 12.6. The Hall–Kier alpha value is -0.870. The first-order chi connectivity index (χ1) is 8.81. The van der Waals surface area contributed by atoms with E-state index in [1.165, 1.54) is 0 Å². The van der Waals surface area contributed by atoms with E-state index in [9.17, 15) is 4.79 Å². The molecule has 2 N–H and O–H groups in total. The van der Waals surface area contributed by atoms with Crippen LogP contribution in [0, 0.1) is 12.3 Å². The Morgan fingerprint density at radius 3 is 2.79 bits per heavy atom. The monoisotopic (exact) mass is 324 g/mol. The molecule has 0 aromatic heterocycles. The Morgan fingerprint density at radius 1 is 1.47 bits per heavy atom. The molecule has 1 fully saturated rings. The van der Waals surface area contributed by atoms with Crippen molar-refractivity contribution in [2.45, 2.75) is 33.2 Å². The van der Waals surface area contributed by atoms with Crippen molar-refractivity contribution >= 4 is 21.8 Å². The third-order valence-electron chi connectivity index (χ3n) is 4.03. The van der Waals surface area contributed by atoms with E-state index >= 15 is 0 Å². The molecular weight excluding hydrogens is 304 g/mol. The zero-order chi connectivity index (χ0) is 14.2. The van der Waals surface area contributed by atoms with E-state index < -0.39 is 0 Å². The number of aryl methyl sites for hydroxylation is 1. The number of carbonyl (C=O) groups excluding carboxylic acids is 1. The molecule has 0 radical (unpaired) electrons. The average molecular weight is 325 g/mol. The van der Waals surface area contributed by atoms with Gasteiger partial charge in [0.05, 0.1) is 0 Å². The van der Waals surface area contributed by atoms with Crippen LogP contribution in [0.3, 0.4) is 0 Å². The van der Waals surface area contributed by atoms with Gasteiger partial charge in [0.1, 0.15) is 0 Å². The quantitative estimate of drug-likeness (QED) is 0.863. The number of halogens is 1. The van der Waals surface area contributed by atoms with E-state index in [4.69, 9.17) is 5.73 Å². The lowest BCUT2D eigenvalue weighted by molar-refractivity contribution is 0.0532. The molecule has 1 saturated heterocycles. The van der Waals surface area contributed by atoms with Crippen LogP contribution in [-0.4, -0.2) is 29.9 Å². The van der Waals surface area contributed by atoms with Crippen LogP contribution in [0.4, 0.5) is 0 Å². The molecule has 1 atom stereocenters. The fraction of sp³-hybridized carbons (Fsp3) is 0.533. The largest absolute Gasteiger partial charge is 0.338 e. The molecule has 1 aromatic carbocycles. The van der Waals surface area contributed by atoms with E-state index in [1.807, 2.05) is 30.0 Å². The summed E-state index contributed by atoms with van der Waals surface area (Å²) in [6.45, 7) is 7.70. The highest BCUT2D eigenvalue weighted by molar-refractivity contribution is 9.10. The van der Waals surface area contributed by atoms with Gasteiger partial charge < -0.3 is 10.6 Å². The molecule has 0 spiro atoms. The Labute approximate surface area is 123 Å². The summed E-state index contributed by atoms with van der Waals surface area (Å²) in [6.07, 6.45) is 0.867. The van der Waals surface area contributed by atoms with Crippen LogP contribution in [0.1, 0.15) is 36.2 Å². The molecule has 0 saturated carbocycles. The summed E-state index contributed by atoms with van der Waals surface area (Å²) in [6, 6.07) is 6.00. The van der Waals surface area contributed by atoms with Crippen molar-refractivity contribution < 1.29 is 4.79 Å². The van der Waals surface area contributed by atoms with Crippen LogP contribution < -0.4 is 5.73 Å². The topological polar surface area (TPSA) is 46.3 Å². The van der Waals surface area contributed by atoms with Gasteiger partial charge in [-0.25, -0.2) is 0 Å². The Morgan fingerprint density at radius 2 is 2.16 bits per heavy atom. The van der Waals surface area contributed by atoms with Gasteiger partial charge in [0.15, 0.2) is 0 Å². The number of benzene rings is 1. The van der Waals surface area contributed by atoms with Gasteiger partial charge >= 0.3 is 0 Å². The zero-order valence-corrected chi connectivity index (χ0v) is 13.3. The summed E-state index contributed by atoms with van der Waals surface area (Å²) >= 11 is 3.43. The van der Waals surface area contributed by atoms with Gasteiger partial charge in [-0.15, -0.1) is 0 Å². The lowest BCUT2D eigenvalue weighted by atomic mass is 9.79. The van der Waals surface area contributed by atoms with E-state index in [0.717, 1.165) is 35.1 Å². The standard InChI is InChI=1S/C15H21BrN2O/c1-10-4-5-11(16)8-12(10)14(19)18-7-6-13(17)15(2,3)9-18/h4-5,8,13H,6-7,9,17H2,1-3H3. The second-order valence-corrected chi connectivity index (χ2v) is 6.99. The highest BCUT2D eigenvalue weighted by Gasteiger charge is 2.35. The van der Waals surface area contributed by atoms with E-state index in [0.29, 0.717) is 0 Å². The van der Waals surface area contributed by atoms with Crippen LogP contribution in [0.5, 0.6) is 0 Å². The van der Waals surface area contributed by atoms with Gasteiger partial charge in [0.2, 0.25) is 0 Å². The van der Waals surface area contributed by atoms with Gasteiger partial charge in [0.25, 0.3) is 5.91 Å². The molecule has 3 nitrogen and oxygen atoms in total. The summed E-state index contributed by atoms with van der Waals surface area (Å²) in [5.74, 6) is 0.110. The molecule has 0 aliphatic carbocycles. The van der Waals surface area contributed by atoms with Crippen LogP contribution in [-0.2, 0) is 0 Å². The normalized spacial score (nSPS) is 22.4. The number of hydrogen-bond acceptors (Lipinski definition) is 2. The van der Waals surface area contributed by atoms with Gasteiger partial charge in [0, 0.05) is 29.2 Å². The first kappa shape index (κ1) is 14.5. The van der Waals surface area contributed by atoms with Crippen LogP contribution >= 0.6 is 15.9 Å². The third kappa shape index (κ3) is 3.00. The van der Waals surface area contributed by atoms with Gasteiger partial charge in [-0.1, -0.05) is 35.8 Å². The zero-order valence-electron chi connectivity index (χ0n) is 11.7. The molecule has 1 heterocycles. The summed E-state index contributed by atoms with van der Waals surface area (Å²) in [7, 11) is 0. The summed E-state index contributed by atoms with van der Waals surface area (Å²) in [5, 5.41) is 0. The van der Waals surface area contributed by atoms with Crippen molar-refractivity contribution in [1.82, 2.24) is 4.90 Å². The minimum atomic E-state index is -0.0200. The number of carbonyl (C=O) groups is 1. The van der Waals surface area contributed by atoms with Gasteiger partial charge in [-0.05, 0) is 36.5 Å². The molecule has 1 aliphatic heterocycles. The van der Waals surface area contributed by atoms with Crippen molar-refractivity contribution in [2.75, 3.05) is 13.1 Å². The number of rotatable bonds is 1. The highest BCUT2D eigenvalue weighted by atomic mass is 79.9. The third-order valence-corrected chi connectivity index (χ3v) is 4.52. The minimum absolute atomic E-state index is 0.0200. The predicted molar refractivity (Wildman–Crippen MR) is 81.2 cm³/mol. The molecule has 19 heavy (non-hydrogen) atoms. The molecule has 4 heteroatoms. The van der Waals surface area contributed by atoms with Crippen LogP contribution in [0.2, 0.25) is 0 Å². The number of nitrogens with two attached hydrogens (primary N) is 1. The number of piperidine rings is 1. The lowest BCUT2D eigenvalue weighted by Gasteiger charge is -2.42. The first-order valence-corrected chi connectivity index (χ1v) is 7.41. The van der Waals surface area contributed by atoms with Crippen molar-refractivity contribution in [2.24, 2.45) is 11.1 Å². The summed E-state index contributed by atoms with van der Waals surface area (Å²) in [4.78, 5) is 14.6. The van der Waals surface area contributed by atoms with E-state index in [1.54, 1.807) is 0 Å².